The molecule has 1 aliphatic heterocycles. The smallest absolute Gasteiger partial charge is 0.237 e. The van der Waals surface area contributed by atoms with Crippen LogP contribution in [0, 0.1) is 28.6 Å². The molecule has 1 heterocycles. The number of hydrogen-bond acceptors (Lipinski definition) is 3. The predicted octanol–water partition coefficient (Wildman–Crippen LogP) is 6.23. The lowest BCUT2D eigenvalue weighted by molar-refractivity contribution is -0.123. The molecule has 0 radical (unpaired) electrons. The fourth-order valence-corrected chi connectivity index (χ4v) is 6.89. The van der Waals surface area contributed by atoms with Crippen molar-refractivity contribution in [3.05, 3.63) is 69.7 Å². The molecule has 2 aromatic carbocycles. The Kier molecular flexibility index (Phi) is 6.19. The Labute approximate surface area is 218 Å². The van der Waals surface area contributed by atoms with E-state index < -0.39 is 22.9 Å². The Balaban J connectivity index is 1.65. The maximum atomic E-state index is 13.7. The van der Waals surface area contributed by atoms with Crippen molar-refractivity contribution in [3.63, 3.8) is 0 Å². The van der Waals surface area contributed by atoms with Gasteiger partial charge in [-0.25, -0.2) is 0 Å². The van der Waals surface area contributed by atoms with E-state index in [1.165, 1.54) is 12.8 Å². The predicted molar refractivity (Wildman–Crippen MR) is 141 cm³/mol. The van der Waals surface area contributed by atoms with E-state index in [1.807, 2.05) is 48.5 Å². The summed E-state index contributed by atoms with van der Waals surface area (Å²) in [5, 5.41) is 19.2. The first kappa shape index (κ1) is 24.6. The van der Waals surface area contributed by atoms with Gasteiger partial charge in [-0.2, -0.15) is 5.26 Å². The minimum Gasteiger partial charge on any atom is -0.355 e. The summed E-state index contributed by atoms with van der Waals surface area (Å²) in [6, 6.07) is 17.5. The Morgan fingerprint density at radius 1 is 1.14 bits per heavy atom. The number of benzene rings is 2. The van der Waals surface area contributed by atoms with E-state index in [0.29, 0.717) is 16.6 Å². The van der Waals surface area contributed by atoms with Gasteiger partial charge in [-0.05, 0) is 65.5 Å². The lowest BCUT2D eigenvalue weighted by atomic mass is 9.62. The number of carbonyl (C=O) groups excluding carboxylic acids is 1. The molecular formula is C29H33Cl2N3O. The molecule has 6 heteroatoms. The second-order valence-corrected chi connectivity index (χ2v) is 12.6. The molecule has 1 unspecified atom stereocenters. The fourth-order valence-electron chi connectivity index (χ4n) is 6.57. The van der Waals surface area contributed by atoms with E-state index in [4.69, 9.17) is 23.2 Å². The Hall–Kier alpha value is -2.06. The molecule has 184 valence electrons. The molecule has 2 saturated carbocycles. The topological polar surface area (TPSA) is 64.9 Å². The third kappa shape index (κ3) is 4.16. The molecule has 1 amide bonds. The largest absolute Gasteiger partial charge is 0.355 e. The first-order chi connectivity index (χ1) is 16.6. The fraction of sp³-hybridized carbons (Fsp3) is 0.517. The average Bonchev–Trinajstić information content (AvgIpc) is 3.72. The molecule has 1 spiro atoms. The number of carbonyl (C=O) groups is 1. The highest BCUT2D eigenvalue weighted by Gasteiger charge is 2.78. The van der Waals surface area contributed by atoms with E-state index in [2.05, 4.69) is 37.5 Å². The Morgan fingerprint density at radius 2 is 1.86 bits per heavy atom. The number of nitriles is 1. The molecule has 1 saturated heterocycles. The van der Waals surface area contributed by atoms with Gasteiger partial charge in [0, 0.05) is 28.0 Å². The van der Waals surface area contributed by atoms with Crippen LogP contribution in [0.5, 0.6) is 0 Å². The van der Waals surface area contributed by atoms with Crippen molar-refractivity contribution in [1.29, 1.82) is 5.26 Å². The molecule has 2 N–H and O–H groups in total. The first-order valence-corrected chi connectivity index (χ1v) is 13.4. The van der Waals surface area contributed by atoms with Gasteiger partial charge in [-0.15, -0.1) is 0 Å². The van der Waals surface area contributed by atoms with Gasteiger partial charge in [-0.3, -0.25) is 10.1 Å². The number of amides is 1. The summed E-state index contributed by atoms with van der Waals surface area (Å²) in [4.78, 5) is 13.7. The Morgan fingerprint density at radius 3 is 2.43 bits per heavy atom. The van der Waals surface area contributed by atoms with Crippen LogP contribution in [-0.2, 0) is 10.2 Å². The molecule has 3 aliphatic rings. The molecule has 3 fully saturated rings. The summed E-state index contributed by atoms with van der Waals surface area (Å²) in [7, 11) is 0. The lowest BCUT2D eigenvalue weighted by Crippen LogP contribution is -2.48. The zero-order valence-electron chi connectivity index (χ0n) is 20.6. The van der Waals surface area contributed by atoms with E-state index in [-0.39, 0.29) is 17.2 Å². The van der Waals surface area contributed by atoms with Gasteiger partial charge in [0.25, 0.3) is 0 Å². The zero-order chi connectivity index (χ0) is 25.0. The molecule has 2 aliphatic carbocycles. The number of halogens is 2. The van der Waals surface area contributed by atoms with Crippen molar-refractivity contribution in [3.8, 4) is 6.07 Å². The molecule has 4 nitrogen and oxygen atoms in total. The van der Waals surface area contributed by atoms with Crippen LogP contribution in [-0.4, -0.2) is 24.0 Å². The number of hydrogen-bond donors (Lipinski definition) is 2. The van der Waals surface area contributed by atoms with E-state index in [9.17, 15) is 10.1 Å². The average molecular weight is 511 g/mol. The summed E-state index contributed by atoms with van der Waals surface area (Å²) >= 11 is 12.7. The number of nitrogens with zero attached hydrogens (tertiary/aromatic N) is 1. The minimum atomic E-state index is -0.960. The minimum absolute atomic E-state index is 0.0300. The SMILES string of the molecule is CC(C)(C)[C@@H]1CC12N[C@@H](C(=O)NCCC1CC1)[C@H](c1cccc(Cl)c1)[C@@]2(C#N)c1ccc(Cl)cc1. The van der Waals surface area contributed by atoms with Crippen LogP contribution < -0.4 is 10.6 Å². The molecule has 0 bridgehead atoms. The first-order valence-electron chi connectivity index (χ1n) is 12.6. The molecule has 5 rings (SSSR count). The normalized spacial score (nSPS) is 31.8. The van der Waals surface area contributed by atoms with E-state index in [1.54, 1.807) is 0 Å². The van der Waals surface area contributed by atoms with Crippen LogP contribution in [0.25, 0.3) is 0 Å². The van der Waals surface area contributed by atoms with Gasteiger partial charge in [0.15, 0.2) is 0 Å². The summed E-state index contributed by atoms with van der Waals surface area (Å²) in [5.41, 5.74) is 0.276. The van der Waals surface area contributed by atoms with Crippen molar-refractivity contribution in [1.82, 2.24) is 10.6 Å². The number of nitrogens with one attached hydrogen (secondary N) is 2. The highest BCUT2D eigenvalue weighted by Crippen LogP contribution is 2.70. The van der Waals surface area contributed by atoms with Crippen molar-refractivity contribution < 1.29 is 4.79 Å². The van der Waals surface area contributed by atoms with Crippen molar-refractivity contribution in [2.45, 2.75) is 69.4 Å². The van der Waals surface area contributed by atoms with Crippen molar-refractivity contribution in [2.75, 3.05) is 6.54 Å². The monoisotopic (exact) mass is 509 g/mol. The van der Waals surface area contributed by atoms with Crippen LogP contribution in [0.15, 0.2) is 48.5 Å². The standard InChI is InChI=1S/C29H33Cl2N3O/c1-27(2,3)23-16-29(23)28(17-32,20-9-11-21(30)12-10-20)24(19-5-4-6-22(31)15-19)25(34-29)26(35)33-14-13-18-7-8-18/h4-6,9-12,15,18,23-25,34H,7-8,13-14,16H2,1-3H3,(H,33,35)/t23-,24-,25+,28+,29?/m0/s1. The molecular weight excluding hydrogens is 477 g/mol. The van der Waals surface area contributed by atoms with Crippen LogP contribution in [0.2, 0.25) is 10.0 Å². The molecule has 2 aromatic rings. The van der Waals surface area contributed by atoms with Gasteiger partial charge in [0.1, 0.15) is 5.41 Å². The maximum Gasteiger partial charge on any atom is 0.237 e. The summed E-state index contributed by atoms with van der Waals surface area (Å²) in [6.45, 7) is 7.32. The second kappa shape index (κ2) is 8.80. The zero-order valence-corrected chi connectivity index (χ0v) is 22.1. The second-order valence-electron chi connectivity index (χ2n) is 11.7. The van der Waals surface area contributed by atoms with Gasteiger partial charge < -0.3 is 5.32 Å². The van der Waals surface area contributed by atoms with E-state index in [0.717, 1.165) is 29.9 Å². The number of rotatable bonds is 6. The van der Waals surface area contributed by atoms with Crippen LogP contribution >= 0.6 is 23.2 Å². The van der Waals surface area contributed by atoms with Gasteiger partial charge in [0.05, 0.1) is 12.1 Å². The summed E-state index contributed by atoms with van der Waals surface area (Å²) < 4.78 is 0. The lowest BCUT2D eigenvalue weighted by Gasteiger charge is -2.37. The van der Waals surface area contributed by atoms with Gasteiger partial charge in [0.2, 0.25) is 5.91 Å². The van der Waals surface area contributed by atoms with E-state index >= 15 is 0 Å². The van der Waals surface area contributed by atoms with Crippen molar-refractivity contribution in [2.24, 2.45) is 17.3 Å². The summed E-state index contributed by atoms with van der Waals surface area (Å²) in [5.74, 6) is 0.528. The van der Waals surface area contributed by atoms with Crippen molar-refractivity contribution >= 4 is 29.1 Å². The molecule has 35 heavy (non-hydrogen) atoms. The maximum absolute atomic E-state index is 13.7. The quantitative estimate of drug-likeness (QED) is 0.484. The van der Waals surface area contributed by atoms with Crippen LogP contribution in [0.4, 0.5) is 0 Å². The Bertz CT molecular complexity index is 1160. The van der Waals surface area contributed by atoms with Gasteiger partial charge >= 0.3 is 0 Å². The third-order valence-electron chi connectivity index (χ3n) is 8.44. The molecule has 0 aromatic heterocycles. The summed E-state index contributed by atoms with van der Waals surface area (Å²) in [6.07, 6.45) is 4.35. The highest BCUT2D eigenvalue weighted by molar-refractivity contribution is 6.30. The third-order valence-corrected chi connectivity index (χ3v) is 8.92. The van der Waals surface area contributed by atoms with Gasteiger partial charge in [-0.1, -0.05) is 81.1 Å². The molecule has 5 atom stereocenters. The van der Waals surface area contributed by atoms with Crippen LogP contribution in [0.1, 0.15) is 63.5 Å². The van der Waals surface area contributed by atoms with Crippen LogP contribution in [0.3, 0.4) is 0 Å². The highest BCUT2D eigenvalue weighted by atomic mass is 35.5.